The molecule has 3 atom stereocenters. The van der Waals surface area contributed by atoms with Crippen LogP contribution in [0, 0.1) is 10.8 Å². The van der Waals surface area contributed by atoms with Crippen LogP contribution in [-0.4, -0.2) is 48.6 Å². The van der Waals surface area contributed by atoms with Crippen molar-refractivity contribution in [1.29, 1.82) is 0 Å². The summed E-state index contributed by atoms with van der Waals surface area (Å²) < 4.78 is 12.1. The number of aliphatic hydroxyl groups excluding tert-OH is 1. The minimum atomic E-state index is -0.606. The second-order valence-electron chi connectivity index (χ2n) is 9.95. The number of hydrogen-bond acceptors (Lipinski definition) is 8. The first-order valence-electron chi connectivity index (χ1n) is 13.7. The van der Waals surface area contributed by atoms with E-state index in [1.165, 1.54) is 28.5 Å². The highest BCUT2D eigenvalue weighted by Gasteiger charge is 2.38. The van der Waals surface area contributed by atoms with Gasteiger partial charge in [-0.3, -0.25) is 4.79 Å². The van der Waals surface area contributed by atoms with Crippen molar-refractivity contribution in [3.63, 3.8) is 0 Å². The predicted molar refractivity (Wildman–Crippen MR) is 153 cm³/mol. The van der Waals surface area contributed by atoms with Crippen LogP contribution in [0.15, 0.2) is 77.8 Å². The van der Waals surface area contributed by atoms with Gasteiger partial charge in [0.25, 0.3) is 5.91 Å². The number of nitrogens with zero attached hydrogens (tertiary/aromatic N) is 2. The molecular weight excluding hydrogens is 508 g/mol. The van der Waals surface area contributed by atoms with Gasteiger partial charge >= 0.3 is 0 Å². The molecule has 0 radical (unpaired) electrons. The Hall–Kier alpha value is -4.08. The Labute approximate surface area is 233 Å². The quantitative estimate of drug-likeness (QED) is 0.170. The average Bonchev–Trinajstić information content (AvgIpc) is 3.36. The van der Waals surface area contributed by atoms with E-state index in [9.17, 15) is 14.8 Å². The fraction of sp³-hybridized carbons (Fsp3) is 0.355. The number of benzene rings is 2. The van der Waals surface area contributed by atoms with Crippen molar-refractivity contribution in [3.05, 3.63) is 94.2 Å². The van der Waals surface area contributed by atoms with Crippen LogP contribution in [0.4, 0.5) is 11.5 Å². The maximum Gasteiger partial charge on any atom is 0.286 e. The summed E-state index contributed by atoms with van der Waals surface area (Å²) in [6.07, 6.45) is 4.87. The van der Waals surface area contributed by atoms with E-state index in [4.69, 9.17) is 9.47 Å². The largest absolute Gasteiger partial charge is 0.459 e. The molecule has 2 aromatic carbocycles. The van der Waals surface area contributed by atoms with Crippen molar-refractivity contribution in [1.82, 2.24) is 10.3 Å². The van der Waals surface area contributed by atoms with E-state index in [2.05, 4.69) is 63.3 Å². The van der Waals surface area contributed by atoms with Gasteiger partial charge in [0, 0.05) is 38.1 Å². The molecule has 3 unspecified atom stereocenters. The van der Waals surface area contributed by atoms with Gasteiger partial charge in [0.1, 0.15) is 11.5 Å². The SMILES string of the molecule is CCOC1OC(C(=O)NCCNc2ccc(N=O)cn2)=CC(c2ccc3c(c2)Cc2ccccc2-3)C1CCCO. The number of aromatic nitrogens is 1. The molecule has 9 nitrogen and oxygen atoms in total. The third-order valence-corrected chi connectivity index (χ3v) is 7.41. The molecule has 3 N–H and O–H groups in total. The summed E-state index contributed by atoms with van der Waals surface area (Å²) in [5, 5.41) is 18.4. The van der Waals surface area contributed by atoms with Gasteiger partial charge in [-0.1, -0.05) is 42.5 Å². The zero-order valence-corrected chi connectivity index (χ0v) is 22.5. The van der Waals surface area contributed by atoms with E-state index in [0.29, 0.717) is 38.4 Å². The first-order valence-corrected chi connectivity index (χ1v) is 13.7. The summed E-state index contributed by atoms with van der Waals surface area (Å²) in [4.78, 5) is 27.9. The molecule has 0 saturated heterocycles. The normalized spacial score (nSPS) is 19.1. The average molecular weight is 543 g/mol. The highest BCUT2D eigenvalue weighted by Crippen LogP contribution is 2.43. The molecule has 2 aliphatic rings. The number of fused-ring (bicyclic) bond motifs is 3. The third-order valence-electron chi connectivity index (χ3n) is 7.41. The minimum absolute atomic E-state index is 0.0537. The number of rotatable bonds is 12. The van der Waals surface area contributed by atoms with E-state index >= 15 is 0 Å². The van der Waals surface area contributed by atoms with Crippen LogP contribution in [0.3, 0.4) is 0 Å². The van der Waals surface area contributed by atoms with Crippen molar-refractivity contribution in [2.75, 3.05) is 31.6 Å². The summed E-state index contributed by atoms with van der Waals surface area (Å²) in [6, 6.07) is 18.3. The minimum Gasteiger partial charge on any atom is -0.459 e. The van der Waals surface area contributed by atoms with Crippen LogP contribution in [-0.2, 0) is 20.7 Å². The molecule has 0 fully saturated rings. The van der Waals surface area contributed by atoms with Crippen molar-refractivity contribution in [3.8, 4) is 11.1 Å². The molecule has 1 aliphatic carbocycles. The fourth-order valence-electron chi connectivity index (χ4n) is 5.52. The van der Waals surface area contributed by atoms with E-state index < -0.39 is 6.29 Å². The van der Waals surface area contributed by atoms with Gasteiger partial charge < -0.3 is 25.2 Å². The van der Waals surface area contributed by atoms with Crippen LogP contribution in [0.5, 0.6) is 0 Å². The Morgan fingerprint density at radius 2 is 1.98 bits per heavy atom. The molecule has 208 valence electrons. The lowest BCUT2D eigenvalue weighted by Gasteiger charge is -2.37. The second kappa shape index (κ2) is 12.8. The highest BCUT2D eigenvalue weighted by atomic mass is 16.7. The number of carbonyl (C=O) groups excluding carboxylic acids is 1. The Bertz CT molecular complexity index is 1370. The van der Waals surface area contributed by atoms with Gasteiger partial charge in [0.05, 0.1) is 6.20 Å². The maximum absolute atomic E-state index is 13.2. The number of nitroso groups, excluding NO2 is 1. The van der Waals surface area contributed by atoms with E-state index in [-0.39, 0.29) is 35.8 Å². The first kappa shape index (κ1) is 27.5. The first-order chi connectivity index (χ1) is 19.6. The maximum atomic E-state index is 13.2. The number of aliphatic hydroxyl groups is 1. The number of carbonyl (C=O) groups is 1. The van der Waals surface area contributed by atoms with Crippen LogP contribution in [0.2, 0.25) is 0 Å². The van der Waals surface area contributed by atoms with Crippen molar-refractivity contribution in [2.24, 2.45) is 11.1 Å². The van der Waals surface area contributed by atoms with Gasteiger partial charge in [0.2, 0.25) is 6.29 Å². The lowest BCUT2D eigenvalue weighted by Crippen LogP contribution is -2.39. The highest BCUT2D eigenvalue weighted by molar-refractivity contribution is 5.91. The Kier molecular flexibility index (Phi) is 8.83. The summed E-state index contributed by atoms with van der Waals surface area (Å²) in [7, 11) is 0. The molecule has 40 heavy (non-hydrogen) atoms. The van der Waals surface area contributed by atoms with Gasteiger partial charge in [-0.05, 0) is 77.4 Å². The topological polar surface area (TPSA) is 122 Å². The molecule has 1 aromatic heterocycles. The molecule has 2 heterocycles. The molecule has 5 rings (SSSR count). The summed E-state index contributed by atoms with van der Waals surface area (Å²) in [5.74, 6) is 0.323. The molecule has 1 aliphatic heterocycles. The molecule has 0 bridgehead atoms. The van der Waals surface area contributed by atoms with Crippen molar-refractivity contribution in [2.45, 2.75) is 38.4 Å². The lowest BCUT2D eigenvalue weighted by molar-refractivity contribution is -0.166. The Morgan fingerprint density at radius 3 is 2.75 bits per heavy atom. The molecule has 3 aromatic rings. The smallest absolute Gasteiger partial charge is 0.286 e. The van der Waals surface area contributed by atoms with Crippen LogP contribution >= 0.6 is 0 Å². The number of allylic oxidation sites excluding steroid dienone is 1. The Balaban J connectivity index is 1.33. The van der Waals surface area contributed by atoms with Crippen molar-refractivity contribution >= 4 is 17.4 Å². The van der Waals surface area contributed by atoms with Gasteiger partial charge in [-0.15, -0.1) is 4.91 Å². The standard InChI is InChI=1S/C31H34N4O5/c1-2-39-31-26(8-5-15-36)27(21-9-11-25-22(17-21)16-20-6-3-4-7-24(20)25)18-28(40-31)30(37)33-14-13-32-29-12-10-23(35-38)19-34-29/h3-4,6-7,9-12,17-19,26-27,31,36H,2,5,8,13-16H2,1H3,(H,32,34)(H,33,37). The van der Waals surface area contributed by atoms with Gasteiger partial charge in [0.15, 0.2) is 5.76 Å². The number of ether oxygens (including phenoxy) is 2. The third kappa shape index (κ3) is 6.05. The summed E-state index contributed by atoms with van der Waals surface area (Å²) in [5.41, 5.74) is 6.48. The van der Waals surface area contributed by atoms with Crippen LogP contribution in [0.1, 0.15) is 42.4 Å². The van der Waals surface area contributed by atoms with Gasteiger partial charge in [-0.2, -0.15) is 0 Å². The molecule has 0 saturated carbocycles. The summed E-state index contributed by atoms with van der Waals surface area (Å²) in [6.45, 7) is 3.20. The van der Waals surface area contributed by atoms with Crippen molar-refractivity contribution < 1.29 is 19.4 Å². The number of pyridine rings is 1. The predicted octanol–water partition coefficient (Wildman–Crippen LogP) is 5.03. The number of hydrogen-bond donors (Lipinski definition) is 3. The van der Waals surface area contributed by atoms with Gasteiger partial charge in [-0.25, -0.2) is 4.98 Å². The molecule has 1 amide bonds. The second-order valence-corrected chi connectivity index (χ2v) is 9.95. The number of amides is 1. The Morgan fingerprint density at radius 1 is 1.12 bits per heavy atom. The fourth-order valence-corrected chi connectivity index (χ4v) is 5.52. The zero-order chi connectivity index (χ0) is 27.9. The number of nitrogens with one attached hydrogen (secondary N) is 2. The van der Waals surface area contributed by atoms with E-state index in [1.54, 1.807) is 12.1 Å². The zero-order valence-electron chi connectivity index (χ0n) is 22.5. The molecular formula is C31H34N4O5. The lowest BCUT2D eigenvalue weighted by atomic mass is 9.80. The number of anilines is 1. The molecule has 0 spiro atoms. The monoisotopic (exact) mass is 542 g/mol. The van der Waals surface area contributed by atoms with Crippen LogP contribution in [0.25, 0.3) is 11.1 Å². The van der Waals surface area contributed by atoms with E-state index in [1.807, 2.05) is 13.0 Å². The molecule has 9 heteroatoms. The van der Waals surface area contributed by atoms with Crippen LogP contribution < -0.4 is 10.6 Å². The summed E-state index contributed by atoms with van der Waals surface area (Å²) >= 11 is 0. The van der Waals surface area contributed by atoms with E-state index in [0.717, 1.165) is 12.0 Å².